The topological polar surface area (TPSA) is 79.5 Å². The predicted octanol–water partition coefficient (Wildman–Crippen LogP) is 0.725. The molecule has 0 amide bonds. The lowest BCUT2D eigenvalue weighted by Crippen LogP contribution is -2.22. The van der Waals surface area contributed by atoms with Crippen LogP contribution in [0.1, 0.15) is 31.0 Å². The van der Waals surface area contributed by atoms with Crippen molar-refractivity contribution < 1.29 is 14.4 Å². The summed E-state index contributed by atoms with van der Waals surface area (Å²) in [6.45, 7) is 3.25. The Kier molecular flexibility index (Phi) is 4.08. The van der Waals surface area contributed by atoms with E-state index in [1.165, 1.54) is 12.8 Å². The number of hydrogen-bond acceptors (Lipinski definition) is 5. The van der Waals surface area contributed by atoms with Gasteiger partial charge in [0.15, 0.2) is 5.82 Å². The number of hydrogen-bond donors (Lipinski definition) is 1. The van der Waals surface area contributed by atoms with Gasteiger partial charge >= 0.3 is 5.97 Å². The smallest absolute Gasteiger partial charge is 0.303 e. The first-order valence-electron chi connectivity index (χ1n) is 5.99. The molecule has 1 fully saturated rings. The van der Waals surface area contributed by atoms with Gasteiger partial charge in [0.1, 0.15) is 0 Å². The van der Waals surface area contributed by atoms with Gasteiger partial charge in [-0.1, -0.05) is 5.16 Å². The number of aliphatic carboxylic acids is 1. The van der Waals surface area contributed by atoms with Crippen molar-refractivity contribution in [2.75, 3.05) is 19.6 Å². The summed E-state index contributed by atoms with van der Waals surface area (Å²) in [5.74, 6) is 0.259. The third-order valence-corrected chi connectivity index (χ3v) is 2.91. The molecule has 94 valence electrons. The van der Waals surface area contributed by atoms with Crippen molar-refractivity contribution in [3.63, 3.8) is 0 Å². The molecule has 0 atom stereocenters. The summed E-state index contributed by atoms with van der Waals surface area (Å²) in [7, 11) is 0. The van der Waals surface area contributed by atoms with E-state index >= 15 is 0 Å². The van der Waals surface area contributed by atoms with Crippen molar-refractivity contribution in [1.29, 1.82) is 0 Å². The molecule has 6 heteroatoms. The summed E-state index contributed by atoms with van der Waals surface area (Å²) in [4.78, 5) is 16.9. The van der Waals surface area contributed by atoms with Gasteiger partial charge in [-0.15, -0.1) is 0 Å². The lowest BCUT2D eigenvalue weighted by Gasteiger charge is -2.11. The average molecular weight is 239 g/mol. The molecule has 17 heavy (non-hydrogen) atoms. The molecule has 0 saturated carbocycles. The Bertz CT molecular complexity index is 372. The van der Waals surface area contributed by atoms with E-state index in [1.54, 1.807) is 0 Å². The molecule has 1 aromatic heterocycles. The highest BCUT2D eigenvalue weighted by atomic mass is 16.5. The standard InChI is InChI=1S/C11H17N3O3/c15-11(16)4-3-9-12-10(17-13-9)5-8-14-6-1-2-7-14/h1-8H2,(H,15,16). The van der Waals surface area contributed by atoms with E-state index in [0.717, 1.165) is 26.1 Å². The van der Waals surface area contributed by atoms with E-state index in [1.807, 2.05) is 0 Å². The zero-order valence-electron chi connectivity index (χ0n) is 9.76. The molecule has 0 bridgehead atoms. The van der Waals surface area contributed by atoms with Crippen molar-refractivity contribution in [2.24, 2.45) is 0 Å². The summed E-state index contributed by atoms with van der Waals surface area (Å²) >= 11 is 0. The van der Waals surface area contributed by atoms with Crippen LogP contribution in [-0.4, -0.2) is 45.8 Å². The van der Waals surface area contributed by atoms with E-state index in [9.17, 15) is 4.79 Å². The van der Waals surface area contributed by atoms with Crippen LogP contribution >= 0.6 is 0 Å². The van der Waals surface area contributed by atoms with Crippen molar-refractivity contribution in [2.45, 2.75) is 32.1 Å². The van der Waals surface area contributed by atoms with E-state index in [-0.39, 0.29) is 6.42 Å². The summed E-state index contributed by atoms with van der Waals surface area (Å²) < 4.78 is 5.08. The molecule has 2 rings (SSSR count). The molecule has 0 aliphatic carbocycles. The molecule has 0 aromatic carbocycles. The minimum absolute atomic E-state index is 0.0467. The first kappa shape index (κ1) is 12.0. The molecule has 0 spiro atoms. The zero-order chi connectivity index (χ0) is 12.1. The molecule has 1 aromatic rings. The first-order chi connectivity index (χ1) is 8.24. The normalized spacial score (nSPS) is 16.5. The quantitative estimate of drug-likeness (QED) is 0.788. The fourth-order valence-corrected chi connectivity index (χ4v) is 1.97. The molecule has 1 aliphatic heterocycles. The number of rotatable bonds is 6. The first-order valence-corrected chi connectivity index (χ1v) is 5.99. The third-order valence-electron chi connectivity index (χ3n) is 2.91. The van der Waals surface area contributed by atoms with E-state index in [2.05, 4.69) is 15.0 Å². The van der Waals surface area contributed by atoms with Gasteiger partial charge in [0, 0.05) is 19.4 Å². The number of aryl methyl sites for hydroxylation is 1. The van der Waals surface area contributed by atoms with Gasteiger partial charge in [0.05, 0.1) is 6.42 Å². The van der Waals surface area contributed by atoms with Gasteiger partial charge < -0.3 is 14.5 Å². The second-order valence-electron chi connectivity index (χ2n) is 4.30. The second-order valence-corrected chi connectivity index (χ2v) is 4.30. The van der Waals surface area contributed by atoms with Gasteiger partial charge in [-0.3, -0.25) is 4.79 Å². The van der Waals surface area contributed by atoms with Crippen LogP contribution in [-0.2, 0) is 17.6 Å². The van der Waals surface area contributed by atoms with Crippen LogP contribution in [0, 0.1) is 0 Å². The van der Waals surface area contributed by atoms with Crippen LogP contribution < -0.4 is 0 Å². The SMILES string of the molecule is O=C(O)CCc1noc(CCN2CCCC2)n1. The van der Waals surface area contributed by atoms with Crippen molar-refractivity contribution in [3.8, 4) is 0 Å². The number of carboxylic acids is 1. The largest absolute Gasteiger partial charge is 0.481 e. The van der Waals surface area contributed by atoms with Crippen molar-refractivity contribution in [1.82, 2.24) is 15.0 Å². The van der Waals surface area contributed by atoms with Gasteiger partial charge in [0.25, 0.3) is 0 Å². The van der Waals surface area contributed by atoms with Gasteiger partial charge in [-0.2, -0.15) is 4.98 Å². The number of carbonyl (C=O) groups is 1. The van der Waals surface area contributed by atoms with Crippen LogP contribution in [0.5, 0.6) is 0 Å². The molecule has 1 N–H and O–H groups in total. The summed E-state index contributed by atoms with van der Waals surface area (Å²) in [6.07, 6.45) is 3.68. The maximum atomic E-state index is 10.4. The van der Waals surface area contributed by atoms with Crippen LogP contribution in [0.25, 0.3) is 0 Å². The van der Waals surface area contributed by atoms with Crippen LogP contribution in [0.15, 0.2) is 4.52 Å². The summed E-state index contributed by atoms with van der Waals surface area (Å²) in [5.41, 5.74) is 0. The monoisotopic (exact) mass is 239 g/mol. The molecule has 1 saturated heterocycles. The Hall–Kier alpha value is -1.43. The Morgan fingerprint density at radius 1 is 1.35 bits per heavy atom. The predicted molar refractivity (Wildman–Crippen MR) is 59.6 cm³/mol. The van der Waals surface area contributed by atoms with E-state index < -0.39 is 5.97 Å². The minimum atomic E-state index is -0.839. The molecule has 2 heterocycles. The minimum Gasteiger partial charge on any atom is -0.481 e. The molecular weight excluding hydrogens is 222 g/mol. The fourth-order valence-electron chi connectivity index (χ4n) is 1.97. The maximum absolute atomic E-state index is 10.4. The molecule has 1 aliphatic rings. The summed E-state index contributed by atoms with van der Waals surface area (Å²) in [5, 5.41) is 12.3. The second kappa shape index (κ2) is 5.77. The molecule has 6 nitrogen and oxygen atoms in total. The average Bonchev–Trinajstić information content (AvgIpc) is 2.95. The molecule has 0 radical (unpaired) electrons. The van der Waals surface area contributed by atoms with Crippen LogP contribution in [0.4, 0.5) is 0 Å². The maximum Gasteiger partial charge on any atom is 0.303 e. The Morgan fingerprint density at radius 2 is 2.12 bits per heavy atom. The Balaban J connectivity index is 1.75. The van der Waals surface area contributed by atoms with Crippen LogP contribution in [0.3, 0.4) is 0 Å². The summed E-state index contributed by atoms with van der Waals surface area (Å²) in [6, 6.07) is 0. The number of likely N-dealkylation sites (tertiary alicyclic amines) is 1. The van der Waals surface area contributed by atoms with Gasteiger partial charge in [-0.05, 0) is 25.9 Å². The molecular formula is C11H17N3O3. The highest BCUT2D eigenvalue weighted by Gasteiger charge is 2.13. The van der Waals surface area contributed by atoms with Gasteiger partial charge in [-0.25, -0.2) is 0 Å². The third kappa shape index (κ3) is 3.81. The fraction of sp³-hybridized carbons (Fsp3) is 0.727. The van der Waals surface area contributed by atoms with Gasteiger partial charge in [0.2, 0.25) is 5.89 Å². The van der Waals surface area contributed by atoms with Crippen LogP contribution in [0.2, 0.25) is 0 Å². The van der Waals surface area contributed by atoms with E-state index in [0.29, 0.717) is 18.1 Å². The number of aromatic nitrogens is 2. The Morgan fingerprint density at radius 3 is 2.82 bits per heavy atom. The lowest BCUT2D eigenvalue weighted by molar-refractivity contribution is -0.137. The Labute approximate surface area is 99.6 Å². The van der Waals surface area contributed by atoms with Crippen molar-refractivity contribution >= 4 is 5.97 Å². The lowest BCUT2D eigenvalue weighted by atomic mass is 10.3. The van der Waals surface area contributed by atoms with Crippen molar-refractivity contribution in [3.05, 3.63) is 11.7 Å². The van der Waals surface area contributed by atoms with E-state index in [4.69, 9.17) is 9.63 Å². The highest BCUT2D eigenvalue weighted by Crippen LogP contribution is 2.08. The number of nitrogens with zero attached hydrogens (tertiary/aromatic N) is 3. The zero-order valence-corrected chi connectivity index (χ0v) is 9.76. The highest BCUT2D eigenvalue weighted by molar-refractivity contribution is 5.66. The molecule has 0 unspecified atom stereocenters. The number of carboxylic acid groups (broad SMARTS) is 1.